The molecule has 3 nitrogen and oxygen atoms in total. The fourth-order valence-electron chi connectivity index (χ4n) is 1.86. The molecule has 0 spiro atoms. The summed E-state index contributed by atoms with van der Waals surface area (Å²) in [6.45, 7) is 7.99. The molecule has 14 heavy (non-hydrogen) atoms. The zero-order valence-corrected chi connectivity index (χ0v) is 9.49. The average molecular weight is 198 g/mol. The van der Waals surface area contributed by atoms with Gasteiger partial charge in [-0.25, -0.2) is 0 Å². The lowest BCUT2D eigenvalue weighted by Crippen LogP contribution is -2.45. The number of amides is 1. The molecular formula is C11H22N2O. The Morgan fingerprint density at radius 2 is 2.21 bits per heavy atom. The lowest BCUT2D eigenvalue weighted by Gasteiger charge is -2.22. The number of nitrogens with zero attached hydrogens (tertiary/aromatic N) is 1. The van der Waals surface area contributed by atoms with Gasteiger partial charge in [0.15, 0.2) is 0 Å². The van der Waals surface area contributed by atoms with E-state index in [-0.39, 0.29) is 17.9 Å². The molecule has 1 saturated heterocycles. The molecule has 0 aromatic heterocycles. The lowest BCUT2D eigenvalue weighted by molar-refractivity contribution is -0.132. The predicted octanol–water partition coefficient (Wildman–Crippen LogP) is 1.23. The minimum atomic E-state index is -0.314. The van der Waals surface area contributed by atoms with Crippen molar-refractivity contribution in [3.05, 3.63) is 0 Å². The molecule has 1 aliphatic heterocycles. The molecule has 0 radical (unpaired) electrons. The number of rotatable bonds is 3. The highest BCUT2D eigenvalue weighted by molar-refractivity contribution is 5.82. The number of nitrogens with two attached hydrogens (primary N) is 1. The Kier molecular flexibility index (Phi) is 3.93. The topological polar surface area (TPSA) is 46.3 Å². The third kappa shape index (κ3) is 2.47. The van der Waals surface area contributed by atoms with Gasteiger partial charge in [0.25, 0.3) is 0 Å². The van der Waals surface area contributed by atoms with Gasteiger partial charge in [-0.3, -0.25) is 4.79 Å². The molecule has 0 aliphatic carbocycles. The highest BCUT2D eigenvalue weighted by Gasteiger charge is 2.29. The first-order chi connectivity index (χ1) is 6.56. The van der Waals surface area contributed by atoms with Crippen LogP contribution in [0.15, 0.2) is 0 Å². The largest absolute Gasteiger partial charge is 0.341 e. The zero-order chi connectivity index (χ0) is 10.7. The van der Waals surface area contributed by atoms with Crippen LogP contribution < -0.4 is 5.73 Å². The molecule has 0 bridgehead atoms. The highest BCUT2D eigenvalue weighted by Crippen LogP contribution is 2.20. The fraction of sp³-hybridized carbons (Fsp3) is 0.909. The summed E-state index contributed by atoms with van der Waals surface area (Å²) >= 11 is 0. The number of hydrogen-bond acceptors (Lipinski definition) is 2. The Labute approximate surface area is 86.6 Å². The van der Waals surface area contributed by atoms with Crippen LogP contribution in [0.3, 0.4) is 0 Å². The standard InChI is InChI=1S/C11H22N2O/c1-4-9-5-6-13(7-9)11(14)10(12)8(2)3/h8-10H,4-7,12H2,1-3H3/t9?,10-/m0/s1. The fourth-order valence-corrected chi connectivity index (χ4v) is 1.86. The summed E-state index contributed by atoms with van der Waals surface area (Å²) in [6.07, 6.45) is 2.31. The minimum absolute atomic E-state index is 0.135. The van der Waals surface area contributed by atoms with Crippen molar-refractivity contribution in [1.82, 2.24) is 4.90 Å². The Morgan fingerprint density at radius 1 is 1.57 bits per heavy atom. The molecule has 1 unspecified atom stereocenters. The minimum Gasteiger partial charge on any atom is -0.341 e. The summed E-state index contributed by atoms with van der Waals surface area (Å²) in [5.74, 6) is 1.07. The van der Waals surface area contributed by atoms with Gasteiger partial charge in [0.1, 0.15) is 0 Å². The smallest absolute Gasteiger partial charge is 0.239 e. The van der Waals surface area contributed by atoms with Crippen LogP contribution in [0.5, 0.6) is 0 Å². The van der Waals surface area contributed by atoms with Crippen molar-refractivity contribution in [2.24, 2.45) is 17.6 Å². The third-order valence-corrected chi connectivity index (χ3v) is 3.18. The summed E-state index contributed by atoms with van der Waals surface area (Å²) in [4.78, 5) is 13.8. The summed E-state index contributed by atoms with van der Waals surface area (Å²) in [6, 6.07) is -0.314. The maximum absolute atomic E-state index is 11.8. The summed E-state index contributed by atoms with van der Waals surface area (Å²) in [5.41, 5.74) is 5.84. The van der Waals surface area contributed by atoms with Crippen LogP contribution in [-0.2, 0) is 4.79 Å². The molecule has 82 valence electrons. The summed E-state index contributed by atoms with van der Waals surface area (Å²) in [7, 11) is 0. The first-order valence-electron chi connectivity index (χ1n) is 5.60. The number of hydrogen-bond donors (Lipinski definition) is 1. The van der Waals surface area contributed by atoms with E-state index in [0.29, 0.717) is 5.92 Å². The summed E-state index contributed by atoms with van der Waals surface area (Å²) < 4.78 is 0. The second kappa shape index (κ2) is 4.78. The van der Waals surface area contributed by atoms with Crippen molar-refractivity contribution in [2.75, 3.05) is 13.1 Å². The van der Waals surface area contributed by atoms with Crippen molar-refractivity contribution >= 4 is 5.91 Å². The SMILES string of the molecule is CCC1CCN(C(=O)[C@@H](N)C(C)C)C1. The monoisotopic (exact) mass is 198 g/mol. The predicted molar refractivity (Wildman–Crippen MR) is 57.8 cm³/mol. The maximum atomic E-state index is 11.8. The Hall–Kier alpha value is -0.570. The Balaban J connectivity index is 2.47. The molecule has 2 atom stereocenters. The first kappa shape index (κ1) is 11.5. The normalized spacial score (nSPS) is 24.4. The highest BCUT2D eigenvalue weighted by atomic mass is 16.2. The summed E-state index contributed by atoms with van der Waals surface area (Å²) in [5, 5.41) is 0. The third-order valence-electron chi connectivity index (χ3n) is 3.18. The van der Waals surface area contributed by atoms with Crippen LogP contribution in [0.4, 0.5) is 0 Å². The molecule has 1 fully saturated rings. The molecule has 1 heterocycles. The number of carbonyl (C=O) groups excluding carboxylic acids is 1. The quantitative estimate of drug-likeness (QED) is 0.741. The van der Waals surface area contributed by atoms with Crippen LogP contribution in [0, 0.1) is 11.8 Å². The van der Waals surface area contributed by atoms with E-state index in [1.54, 1.807) is 0 Å². The molecule has 0 saturated carbocycles. The van der Waals surface area contributed by atoms with Gasteiger partial charge in [-0.1, -0.05) is 27.2 Å². The number of likely N-dealkylation sites (tertiary alicyclic amines) is 1. The molecule has 0 aromatic rings. The molecular weight excluding hydrogens is 176 g/mol. The van der Waals surface area contributed by atoms with Crippen molar-refractivity contribution in [3.8, 4) is 0 Å². The van der Waals surface area contributed by atoms with Crippen LogP contribution >= 0.6 is 0 Å². The Bertz CT molecular complexity index is 203. The van der Waals surface area contributed by atoms with Crippen molar-refractivity contribution in [3.63, 3.8) is 0 Å². The van der Waals surface area contributed by atoms with Crippen molar-refractivity contribution in [2.45, 2.75) is 39.7 Å². The second-order valence-electron chi connectivity index (χ2n) is 4.62. The van der Waals surface area contributed by atoms with Crippen LogP contribution in [-0.4, -0.2) is 29.9 Å². The molecule has 1 amide bonds. The molecule has 1 aliphatic rings. The van der Waals surface area contributed by atoms with E-state index in [1.807, 2.05) is 18.7 Å². The van der Waals surface area contributed by atoms with Crippen molar-refractivity contribution in [1.29, 1.82) is 0 Å². The van der Waals surface area contributed by atoms with Crippen LogP contribution in [0.1, 0.15) is 33.6 Å². The van der Waals surface area contributed by atoms with Gasteiger partial charge in [0.05, 0.1) is 6.04 Å². The van der Waals surface area contributed by atoms with E-state index in [0.717, 1.165) is 19.5 Å². The average Bonchev–Trinajstić information content (AvgIpc) is 2.63. The van der Waals surface area contributed by atoms with Gasteiger partial charge in [-0.05, 0) is 18.3 Å². The molecule has 1 rings (SSSR count). The number of carbonyl (C=O) groups is 1. The van der Waals surface area contributed by atoms with Crippen molar-refractivity contribution < 1.29 is 4.79 Å². The van der Waals surface area contributed by atoms with Gasteiger partial charge in [-0.2, -0.15) is 0 Å². The van der Waals surface area contributed by atoms with Gasteiger partial charge >= 0.3 is 0 Å². The lowest BCUT2D eigenvalue weighted by atomic mass is 10.0. The first-order valence-corrected chi connectivity index (χ1v) is 5.60. The zero-order valence-electron chi connectivity index (χ0n) is 9.49. The van der Waals surface area contributed by atoms with E-state index < -0.39 is 0 Å². The van der Waals surface area contributed by atoms with Crippen LogP contribution in [0.2, 0.25) is 0 Å². The van der Waals surface area contributed by atoms with Gasteiger partial charge in [0.2, 0.25) is 5.91 Å². The van der Waals surface area contributed by atoms with Gasteiger partial charge in [0, 0.05) is 13.1 Å². The van der Waals surface area contributed by atoms with Gasteiger partial charge < -0.3 is 10.6 Å². The molecule has 2 N–H and O–H groups in total. The molecule has 3 heteroatoms. The van der Waals surface area contributed by atoms with E-state index >= 15 is 0 Å². The van der Waals surface area contributed by atoms with E-state index in [9.17, 15) is 4.79 Å². The molecule has 0 aromatic carbocycles. The van der Waals surface area contributed by atoms with Crippen LogP contribution in [0.25, 0.3) is 0 Å². The maximum Gasteiger partial charge on any atom is 0.239 e. The van der Waals surface area contributed by atoms with E-state index in [2.05, 4.69) is 6.92 Å². The van der Waals surface area contributed by atoms with E-state index in [4.69, 9.17) is 5.73 Å². The van der Waals surface area contributed by atoms with E-state index in [1.165, 1.54) is 6.42 Å². The second-order valence-corrected chi connectivity index (χ2v) is 4.62. The van der Waals surface area contributed by atoms with Gasteiger partial charge in [-0.15, -0.1) is 0 Å². The Morgan fingerprint density at radius 3 is 2.64 bits per heavy atom.